The molecule has 156 valence electrons. The quantitative estimate of drug-likeness (QED) is 0.573. The van der Waals surface area contributed by atoms with Crippen molar-refractivity contribution < 1.29 is 9.63 Å². The second kappa shape index (κ2) is 7.55. The Labute approximate surface area is 169 Å². The first-order chi connectivity index (χ1) is 12.9. The van der Waals surface area contributed by atoms with Crippen LogP contribution in [0, 0.1) is 46.3 Å². The van der Waals surface area contributed by atoms with E-state index in [9.17, 15) is 5.11 Å². The fourth-order valence-electron chi connectivity index (χ4n) is 8.92. The molecule has 27 heavy (non-hydrogen) atoms. The molecule has 4 rings (SSSR count). The van der Waals surface area contributed by atoms with E-state index in [-0.39, 0.29) is 11.5 Å². The lowest BCUT2D eigenvalue weighted by molar-refractivity contribution is -0.173. The summed E-state index contributed by atoms with van der Waals surface area (Å²) >= 11 is 0. The van der Waals surface area contributed by atoms with Crippen molar-refractivity contribution in [1.82, 2.24) is 0 Å². The Bertz CT molecular complexity index is 538. The van der Waals surface area contributed by atoms with Gasteiger partial charge in [-0.05, 0) is 97.7 Å². The highest BCUT2D eigenvalue weighted by Gasteiger charge is 2.63. The minimum absolute atomic E-state index is 0.0955. The third-order valence-electron chi connectivity index (χ3n) is 10.4. The summed E-state index contributed by atoms with van der Waals surface area (Å²) in [7, 11) is 2.50. The van der Waals surface area contributed by atoms with Crippen LogP contribution in [0.3, 0.4) is 0 Å². The van der Waals surface area contributed by atoms with Gasteiger partial charge >= 0.3 is 0 Å². The smallest absolute Gasteiger partial charge is 0.0614 e. The number of aliphatic hydroxyl groups is 1. The van der Waals surface area contributed by atoms with E-state index in [1.54, 1.807) is 0 Å². The fourth-order valence-corrected chi connectivity index (χ4v) is 9.17. The maximum Gasteiger partial charge on any atom is 0.0614 e. The summed E-state index contributed by atoms with van der Waals surface area (Å²) < 4.78 is 5.66. The predicted molar refractivity (Wildman–Crippen MR) is 115 cm³/mol. The average molecular weight is 395 g/mol. The molecule has 0 heterocycles. The minimum atomic E-state index is -0.0955. The maximum absolute atomic E-state index is 11.5. The number of hydrogen-bond acceptors (Lipinski definition) is 2. The molecular weight excluding hydrogens is 351 g/mol. The molecule has 0 aromatic rings. The van der Waals surface area contributed by atoms with E-state index < -0.39 is 0 Å². The van der Waals surface area contributed by atoms with E-state index in [4.69, 9.17) is 4.52 Å². The number of fused-ring (bicyclic) bond motifs is 5. The van der Waals surface area contributed by atoms with Crippen molar-refractivity contribution in [1.29, 1.82) is 0 Å². The van der Waals surface area contributed by atoms with E-state index in [1.807, 2.05) is 0 Å². The first-order valence-electron chi connectivity index (χ1n) is 11.9. The molecule has 4 aliphatic carbocycles. The van der Waals surface area contributed by atoms with Crippen molar-refractivity contribution in [3.8, 4) is 0 Å². The number of aliphatic hydroxyl groups excluding tert-OH is 1. The van der Waals surface area contributed by atoms with E-state index in [0.29, 0.717) is 11.5 Å². The predicted octanol–water partition coefficient (Wildman–Crippen LogP) is 6.23. The van der Waals surface area contributed by atoms with Gasteiger partial charge in [0, 0.05) is 9.47 Å². The van der Waals surface area contributed by atoms with Crippen LogP contribution in [-0.4, -0.2) is 17.3 Å². The molecule has 0 amide bonds. The molecule has 0 saturated heterocycles. The van der Waals surface area contributed by atoms with E-state index in [0.717, 1.165) is 41.9 Å². The van der Waals surface area contributed by atoms with Crippen LogP contribution in [0.4, 0.5) is 0 Å². The zero-order valence-corrected chi connectivity index (χ0v) is 19.3. The van der Waals surface area contributed by atoms with Gasteiger partial charge in [-0.15, -0.1) is 0 Å². The van der Waals surface area contributed by atoms with Crippen molar-refractivity contribution in [2.45, 2.75) is 104 Å². The Morgan fingerprint density at radius 2 is 1.85 bits per heavy atom. The average Bonchev–Trinajstić information content (AvgIpc) is 3.01. The first-order valence-corrected chi connectivity index (χ1v) is 12.4. The van der Waals surface area contributed by atoms with Crippen molar-refractivity contribution in [2.24, 2.45) is 46.3 Å². The van der Waals surface area contributed by atoms with Gasteiger partial charge < -0.3 is 9.63 Å². The molecule has 11 atom stereocenters. The van der Waals surface area contributed by atoms with Gasteiger partial charge in [0.25, 0.3) is 0 Å². The Balaban J connectivity index is 1.59. The van der Waals surface area contributed by atoms with Crippen LogP contribution in [0.25, 0.3) is 0 Å². The van der Waals surface area contributed by atoms with Gasteiger partial charge in [0.05, 0.1) is 12.2 Å². The summed E-state index contributed by atoms with van der Waals surface area (Å²) in [5, 5.41) is 11.5. The van der Waals surface area contributed by atoms with Gasteiger partial charge in [0.1, 0.15) is 0 Å². The summed E-state index contributed by atoms with van der Waals surface area (Å²) in [6.07, 6.45) is 13.2. The summed E-state index contributed by atoms with van der Waals surface area (Å²) in [5.74, 6) is 4.62. The molecule has 1 unspecified atom stereocenters. The van der Waals surface area contributed by atoms with Gasteiger partial charge in [-0.1, -0.05) is 40.5 Å². The second-order valence-electron chi connectivity index (χ2n) is 11.3. The summed E-state index contributed by atoms with van der Waals surface area (Å²) in [4.78, 5) is 0. The van der Waals surface area contributed by atoms with Gasteiger partial charge in [-0.25, -0.2) is 0 Å². The summed E-state index contributed by atoms with van der Waals surface area (Å²) in [6.45, 7) is 9.84. The number of hydrogen-bond donors (Lipinski definition) is 1. The monoisotopic (exact) mass is 394 g/mol. The molecule has 3 heteroatoms. The van der Waals surface area contributed by atoms with Crippen molar-refractivity contribution in [3.63, 3.8) is 0 Å². The third kappa shape index (κ3) is 3.07. The van der Waals surface area contributed by atoms with E-state index in [1.165, 1.54) is 57.8 Å². The molecule has 0 aromatic carbocycles. The molecule has 0 spiro atoms. The molecule has 4 aliphatic rings. The zero-order valence-electron chi connectivity index (χ0n) is 18.1. The Morgan fingerprint density at radius 3 is 2.56 bits per heavy atom. The minimum Gasteiger partial charge on any atom is -0.393 e. The highest BCUT2D eigenvalue weighted by atomic mass is 31.0. The second-order valence-corrected chi connectivity index (χ2v) is 11.5. The lowest BCUT2D eigenvalue weighted by Crippen LogP contribution is -2.58. The van der Waals surface area contributed by atoms with E-state index >= 15 is 0 Å². The van der Waals surface area contributed by atoms with Gasteiger partial charge in [0.15, 0.2) is 0 Å². The Hall–Kier alpha value is 0.350. The normalized spacial score (nSPS) is 53.3. The van der Waals surface area contributed by atoms with Crippen molar-refractivity contribution in [3.05, 3.63) is 0 Å². The van der Waals surface area contributed by atoms with E-state index in [2.05, 4.69) is 37.2 Å². The SMILES string of the molecule is CCC[C@@H](C)[C@H]1CC[C@H]2[C@@H]3CC[C@@H]4C[C@H](OP)CC[C@]4(C)[C@H]3C[C@H](O)[C@]12C. The van der Waals surface area contributed by atoms with Crippen LogP contribution in [0.5, 0.6) is 0 Å². The molecule has 4 fully saturated rings. The lowest BCUT2D eigenvalue weighted by atomic mass is 9.43. The van der Waals surface area contributed by atoms with Crippen LogP contribution in [0.1, 0.15) is 91.9 Å². The molecule has 1 N–H and O–H groups in total. The molecule has 0 aromatic heterocycles. The molecule has 2 nitrogen and oxygen atoms in total. The van der Waals surface area contributed by atoms with Crippen LogP contribution >= 0.6 is 9.47 Å². The Kier molecular flexibility index (Phi) is 5.77. The lowest BCUT2D eigenvalue weighted by Gasteiger charge is -2.62. The standard InChI is InChI=1S/C24H43O2P/c1-5-6-15(2)19-9-10-20-18-8-7-16-13-17(26-27)11-12-23(16,3)21(18)14-22(25)24(19,20)4/h15-22,25H,5-14,27H2,1-4H3/t15-,16-,17-,18+,19-,20+,21+,22+,23+,24-/m1/s1. The zero-order chi connectivity index (χ0) is 19.4. The van der Waals surface area contributed by atoms with Crippen LogP contribution in [0.15, 0.2) is 0 Å². The highest BCUT2D eigenvalue weighted by Crippen LogP contribution is 2.68. The van der Waals surface area contributed by atoms with Crippen molar-refractivity contribution >= 4 is 9.47 Å². The fraction of sp³-hybridized carbons (Fsp3) is 1.00. The van der Waals surface area contributed by atoms with Gasteiger partial charge in [-0.3, -0.25) is 0 Å². The van der Waals surface area contributed by atoms with Gasteiger partial charge in [-0.2, -0.15) is 0 Å². The van der Waals surface area contributed by atoms with Crippen molar-refractivity contribution in [2.75, 3.05) is 0 Å². The summed E-state index contributed by atoms with van der Waals surface area (Å²) in [5.41, 5.74) is 0.595. The number of rotatable bonds is 4. The largest absolute Gasteiger partial charge is 0.393 e. The van der Waals surface area contributed by atoms with Crippen LogP contribution in [0.2, 0.25) is 0 Å². The molecule has 0 radical (unpaired) electrons. The molecule has 4 saturated carbocycles. The topological polar surface area (TPSA) is 29.5 Å². The maximum atomic E-state index is 11.5. The Morgan fingerprint density at radius 1 is 1.07 bits per heavy atom. The molecular formula is C24H43O2P. The molecule has 0 bridgehead atoms. The highest BCUT2D eigenvalue weighted by molar-refractivity contribution is 7.09. The summed E-state index contributed by atoms with van der Waals surface area (Å²) in [6, 6.07) is 0. The first kappa shape index (κ1) is 20.6. The van der Waals surface area contributed by atoms with Crippen LogP contribution in [-0.2, 0) is 4.52 Å². The third-order valence-corrected chi connectivity index (χ3v) is 10.8. The molecule has 0 aliphatic heterocycles. The van der Waals surface area contributed by atoms with Crippen LogP contribution < -0.4 is 0 Å². The van der Waals surface area contributed by atoms with Gasteiger partial charge in [0.2, 0.25) is 0 Å².